The highest BCUT2D eigenvalue weighted by atomic mass is 16.5. The molecular formula is C14H22N4O. The number of aromatic nitrogens is 3. The fourth-order valence-corrected chi connectivity index (χ4v) is 1.85. The molecule has 0 aromatic carbocycles. The second-order valence-corrected chi connectivity index (χ2v) is 5.97. The molecule has 0 atom stereocenters. The Hall–Kier alpha value is -1.62. The predicted octanol–water partition coefficient (Wildman–Crippen LogP) is 2.42. The smallest absolute Gasteiger partial charge is 0.158 e. The van der Waals surface area contributed by atoms with Crippen LogP contribution in [0.15, 0.2) is 16.7 Å². The molecule has 2 rings (SSSR count). The largest absolute Gasteiger partial charge is 0.359 e. The molecule has 0 amide bonds. The summed E-state index contributed by atoms with van der Waals surface area (Å²) in [6, 6.07) is 4.04. The highest BCUT2D eigenvalue weighted by molar-refractivity contribution is 5.10. The topological polar surface area (TPSA) is 55.9 Å². The van der Waals surface area contributed by atoms with E-state index in [9.17, 15) is 0 Å². The highest BCUT2D eigenvalue weighted by Crippen LogP contribution is 2.10. The third-order valence-electron chi connectivity index (χ3n) is 2.82. The first-order chi connectivity index (χ1) is 8.83. The van der Waals surface area contributed by atoms with Gasteiger partial charge < -0.3 is 9.84 Å². The van der Waals surface area contributed by atoms with Crippen molar-refractivity contribution >= 4 is 0 Å². The Balaban J connectivity index is 1.99. The molecule has 0 fully saturated rings. The normalized spacial score (nSPS) is 12.1. The summed E-state index contributed by atoms with van der Waals surface area (Å²) in [5.41, 5.74) is 3.15. The van der Waals surface area contributed by atoms with E-state index in [4.69, 9.17) is 4.52 Å². The summed E-state index contributed by atoms with van der Waals surface area (Å²) >= 11 is 0. The Morgan fingerprint density at radius 1 is 1.26 bits per heavy atom. The van der Waals surface area contributed by atoms with Crippen molar-refractivity contribution in [3.8, 4) is 0 Å². The zero-order valence-corrected chi connectivity index (χ0v) is 12.3. The van der Waals surface area contributed by atoms with Gasteiger partial charge in [-0.1, -0.05) is 5.16 Å². The van der Waals surface area contributed by atoms with Gasteiger partial charge >= 0.3 is 0 Å². The Labute approximate surface area is 114 Å². The first-order valence-electron chi connectivity index (χ1n) is 6.54. The van der Waals surface area contributed by atoms with Gasteiger partial charge in [0.25, 0.3) is 0 Å². The van der Waals surface area contributed by atoms with Gasteiger partial charge in [0.2, 0.25) is 0 Å². The van der Waals surface area contributed by atoms with Gasteiger partial charge in [-0.15, -0.1) is 0 Å². The molecule has 5 heteroatoms. The summed E-state index contributed by atoms with van der Waals surface area (Å²) in [4.78, 5) is 0. The lowest BCUT2D eigenvalue weighted by Gasteiger charge is -2.19. The van der Waals surface area contributed by atoms with E-state index >= 15 is 0 Å². The summed E-state index contributed by atoms with van der Waals surface area (Å²) in [5, 5.41) is 11.9. The van der Waals surface area contributed by atoms with Crippen molar-refractivity contribution in [3.63, 3.8) is 0 Å². The molecule has 1 N–H and O–H groups in total. The molecule has 2 heterocycles. The van der Waals surface area contributed by atoms with Crippen LogP contribution in [-0.2, 0) is 13.1 Å². The van der Waals surface area contributed by atoms with Crippen LogP contribution >= 0.6 is 0 Å². The number of nitrogens with zero attached hydrogens (tertiary/aromatic N) is 3. The maximum Gasteiger partial charge on any atom is 0.158 e. The minimum atomic E-state index is 0.0782. The zero-order chi connectivity index (χ0) is 14.0. The van der Waals surface area contributed by atoms with Crippen LogP contribution in [0.1, 0.15) is 43.6 Å². The molecular weight excluding hydrogens is 240 g/mol. The van der Waals surface area contributed by atoms with Crippen LogP contribution in [0.25, 0.3) is 0 Å². The summed E-state index contributed by atoms with van der Waals surface area (Å²) < 4.78 is 7.27. The molecule has 104 valence electrons. The van der Waals surface area contributed by atoms with Crippen LogP contribution < -0.4 is 5.32 Å². The van der Waals surface area contributed by atoms with Gasteiger partial charge in [-0.3, -0.25) is 4.68 Å². The minimum Gasteiger partial charge on any atom is -0.359 e. The summed E-state index contributed by atoms with van der Waals surface area (Å²) in [7, 11) is 0. The minimum absolute atomic E-state index is 0.0782. The summed E-state index contributed by atoms with van der Waals surface area (Å²) in [6.45, 7) is 11.8. The van der Waals surface area contributed by atoms with Gasteiger partial charge in [-0.25, -0.2) is 0 Å². The number of hydrogen-bond acceptors (Lipinski definition) is 4. The quantitative estimate of drug-likeness (QED) is 0.919. The van der Waals surface area contributed by atoms with E-state index in [-0.39, 0.29) is 5.54 Å². The van der Waals surface area contributed by atoms with Crippen LogP contribution in [0.2, 0.25) is 0 Å². The van der Waals surface area contributed by atoms with Crippen molar-refractivity contribution in [1.29, 1.82) is 0 Å². The third kappa shape index (κ3) is 3.92. The van der Waals surface area contributed by atoms with E-state index in [1.54, 1.807) is 0 Å². The van der Waals surface area contributed by atoms with Crippen LogP contribution in [0.4, 0.5) is 0 Å². The SMILES string of the molecule is Cc1cc(C)n(Cc2cc(CNC(C)(C)C)no2)n1. The zero-order valence-electron chi connectivity index (χ0n) is 12.3. The molecule has 0 radical (unpaired) electrons. The Kier molecular flexibility index (Phi) is 3.75. The molecule has 0 aliphatic rings. The van der Waals surface area contributed by atoms with Crippen molar-refractivity contribution in [1.82, 2.24) is 20.3 Å². The number of aryl methyl sites for hydroxylation is 2. The molecule has 0 unspecified atom stereocenters. The standard InChI is InChI=1S/C14H22N4O/c1-10-6-11(2)18(16-10)9-13-7-12(17-19-13)8-15-14(3,4)5/h6-7,15H,8-9H2,1-5H3. The van der Waals surface area contributed by atoms with Gasteiger partial charge in [-0.2, -0.15) is 5.10 Å². The van der Waals surface area contributed by atoms with Crippen LogP contribution in [0, 0.1) is 13.8 Å². The Morgan fingerprint density at radius 2 is 2.00 bits per heavy atom. The monoisotopic (exact) mass is 262 g/mol. The van der Waals surface area contributed by atoms with E-state index in [0.717, 1.165) is 22.8 Å². The molecule has 0 aliphatic carbocycles. The summed E-state index contributed by atoms with van der Waals surface area (Å²) in [6.07, 6.45) is 0. The van der Waals surface area contributed by atoms with Gasteiger partial charge in [-0.05, 0) is 40.7 Å². The molecule has 2 aromatic heterocycles. The number of hydrogen-bond donors (Lipinski definition) is 1. The fraction of sp³-hybridized carbons (Fsp3) is 0.571. The maximum atomic E-state index is 5.35. The van der Waals surface area contributed by atoms with E-state index in [0.29, 0.717) is 13.1 Å². The fourth-order valence-electron chi connectivity index (χ4n) is 1.85. The van der Waals surface area contributed by atoms with Gasteiger partial charge in [0.1, 0.15) is 6.54 Å². The van der Waals surface area contributed by atoms with E-state index in [1.807, 2.05) is 24.6 Å². The number of rotatable bonds is 4. The van der Waals surface area contributed by atoms with Crippen LogP contribution in [0.3, 0.4) is 0 Å². The Morgan fingerprint density at radius 3 is 2.58 bits per heavy atom. The highest BCUT2D eigenvalue weighted by Gasteiger charge is 2.12. The Bertz CT molecular complexity index is 548. The first-order valence-corrected chi connectivity index (χ1v) is 6.54. The van der Waals surface area contributed by atoms with Crippen LogP contribution in [0.5, 0.6) is 0 Å². The molecule has 0 saturated carbocycles. The van der Waals surface area contributed by atoms with Gasteiger partial charge in [0.15, 0.2) is 5.76 Å². The second-order valence-electron chi connectivity index (χ2n) is 5.97. The van der Waals surface area contributed by atoms with Gasteiger partial charge in [0.05, 0.1) is 11.4 Å². The number of nitrogens with one attached hydrogen (secondary N) is 1. The average molecular weight is 262 g/mol. The van der Waals surface area contributed by atoms with Crippen molar-refractivity contribution in [2.24, 2.45) is 0 Å². The second kappa shape index (κ2) is 5.17. The van der Waals surface area contributed by atoms with Crippen molar-refractivity contribution in [2.75, 3.05) is 0 Å². The maximum absolute atomic E-state index is 5.35. The first kappa shape index (κ1) is 13.8. The third-order valence-corrected chi connectivity index (χ3v) is 2.82. The predicted molar refractivity (Wildman–Crippen MR) is 73.9 cm³/mol. The molecule has 0 saturated heterocycles. The summed E-state index contributed by atoms with van der Waals surface area (Å²) in [5.74, 6) is 0.830. The van der Waals surface area contributed by atoms with Crippen LogP contribution in [-0.4, -0.2) is 20.5 Å². The molecule has 0 bridgehead atoms. The lowest BCUT2D eigenvalue weighted by atomic mass is 10.1. The average Bonchev–Trinajstić information content (AvgIpc) is 2.83. The van der Waals surface area contributed by atoms with Crippen molar-refractivity contribution < 1.29 is 4.52 Å². The van der Waals surface area contributed by atoms with E-state index < -0.39 is 0 Å². The molecule has 0 spiro atoms. The molecule has 0 aliphatic heterocycles. The van der Waals surface area contributed by atoms with Crippen molar-refractivity contribution in [2.45, 2.75) is 53.2 Å². The lowest BCUT2D eigenvalue weighted by Crippen LogP contribution is -2.35. The molecule has 19 heavy (non-hydrogen) atoms. The molecule has 5 nitrogen and oxygen atoms in total. The lowest BCUT2D eigenvalue weighted by molar-refractivity contribution is 0.356. The molecule has 2 aromatic rings. The van der Waals surface area contributed by atoms with E-state index in [2.05, 4.69) is 42.4 Å². The van der Waals surface area contributed by atoms with E-state index in [1.165, 1.54) is 0 Å². The van der Waals surface area contributed by atoms with Gasteiger partial charge in [0, 0.05) is 23.8 Å². The van der Waals surface area contributed by atoms with Crippen molar-refractivity contribution in [3.05, 3.63) is 35.0 Å².